The van der Waals surface area contributed by atoms with Gasteiger partial charge in [-0.1, -0.05) is 6.92 Å². The van der Waals surface area contributed by atoms with Crippen LogP contribution in [0.5, 0.6) is 0 Å². The molecule has 0 heterocycles. The van der Waals surface area contributed by atoms with Gasteiger partial charge >= 0.3 is 0 Å². The number of sulfonamides is 1. The summed E-state index contributed by atoms with van der Waals surface area (Å²) in [5.41, 5.74) is 5.65. The van der Waals surface area contributed by atoms with Crippen LogP contribution in [0.1, 0.15) is 18.9 Å². The Balaban J connectivity index is 3.09. The second-order valence-electron chi connectivity index (χ2n) is 5.16. The van der Waals surface area contributed by atoms with E-state index in [0.29, 0.717) is 19.6 Å². The fourth-order valence-corrected chi connectivity index (χ4v) is 3.50. The maximum absolute atomic E-state index is 13.5. The van der Waals surface area contributed by atoms with E-state index in [4.69, 9.17) is 5.73 Å². The van der Waals surface area contributed by atoms with Gasteiger partial charge in [-0.3, -0.25) is 0 Å². The molecule has 0 unspecified atom stereocenters. The number of rotatable bonds is 8. The Morgan fingerprint density at radius 1 is 1.19 bits per heavy atom. The van der Waals surface area contributed by atoms with Gasteiger partial charge in [0.15, 0.2) is 0 Å². The van der Waals surface area contributed by atoms with Crippen molar-refractivity contribution in [2.24, 2.45) is 5.73 Å². The molecule has 1 aromatic rings. The van der Waals surface area contributed by atoms with E-state index in [9.17, 15) is 12.8 Å². The van der Waals surface area contributed by atoms with E-state index in [2.05, 4.69) is 0 Å². The van der Waals surface area contributed by atoms with Crippen LogP contribution in [0.3, 0.4) is 0 Å². The van der Waals surface area contributed by atoms with E-state index in [1.54, 1.807) is 0 Å². The summed E-state index contributed by atoms with van der Waals surface area (Å²) < 4.78 is 40.2. The minimum Gasteiger partial charge on any atom is -0.326 e. The lowest BCUT2D eigenvalue weighted by molar-refractivity contribution is 0.333. The lowest BCUT2D eigenvalue weighted by Crippen LogP contribution is -2.37. The lowest BCUT2D eigenvalue weighted by Gasteiger charge is -2.23. The van der Waals surface area contributed by atoms with Gasteiger partial charge in [-0.25, -0.2) is 12.8 Å². The minimum absolute atomic E-state index is 0.0271. The molecule has 0 aliphatic heterocycles. The molecule has 0 atom stereocenters. The van der Waals surface area contributed by atoms with Gasteiger partial charge in [-0.2, -0.15) is 4.31 Å². The summed E-state index contributed by atoms with van der Waals surface area (Å²) in [6.07, 6.45) is 0.720. The number of likely N-dealkylation sites (N-methyl/N-ethyl adjacent to an activating group) is 1. The molecule has 21 heavy (non-hydrogen) atoms. The van der Waals surface area contributed by atoms with Crippen molar-refractivity contribution >= 4 is 10.0 Å². The molecule has 0 aromatic heterocycles. The molecule has 0 aliphatic rings. The molecule has 0 saturated heterocycles. The summed E-state index contributed by atoms with van der Waals surface area (Å²) in [4.78, 5) is 2.02. The first kappa shape index (κ1) is 18.0. The molecule has 7 heteroatoms. The highest BCUT2D eigenvalue weighted by Gasteiger charge is 2.24. The standard InChI is InChI=1S/C14H24FN3O2S/c1-4-7-18(9-8-17(2)3)21(19,20)13-5-6-14(15)12(10-13)11-16/h5-6,10H,4,7-9,11,16H2,1-3H3. The third kappa shape index (κ3) is 4.74. The Hall–Kier alpha value is -1.02. The van der Waals surface area contributed by atoms with Crippen LogP contribution in [0.2, 0.25) is 0 Å². The van der Waals surface area contributed by atoms with Gasteiger partial charge in [0.25, 0.3) is 0 Å². The van der Waals surface area contributed by atoms with Crippen molar-refractivity contribution in [1.29, 1.82) is 0 Å². The number of hydrogen-bond acceptors (Lipinski definition) is 4. The van der Waals surface area contributed by atoms with Crippen molar-refractivity contribution in [3.05, 3.63) is 29.6 Å². The zero-order chi connectivity index (χ0) is 16.0. The molecule has 1 rings (SSSR count). The smallest absolute Gasteiger partial charge is 0.243 e. The van der Waals surface area contributed by atoms with Gasteiger partial charge in [0, 0.05) is 31.7 Å². The summed E-state index contributed by atoms with van der Waals surface area (Å²) in [5, 5.41) is 0. The minimum atomic E-state index is -3.62. The average molecular weight is 317 g/mol. The molecule has 5 nitrogen and oxygen atoms in total. The highest BCUT2D eigenvalue weighted by Crippen LogP contribution is 2.19. The van der Waals surface area contributed by atoms with E-state index in [1.165, 1.54) is 16.4 Å². The van der Waals surface area contributed by atoms with Crippen molar-refractivity contribution in [3.8, 4) is 0 Å². The van der Waals surface area contributed by atoms with Gasteiger partial charge in [0.2, 0.25) is 10.0 Å². The predicted octanol–water partition coefficient (Wildman–Crippen LogP) is 1.25. The van der Waals surface area contributed by atoms with Crippen LogP contribution in [-0.2, 0) is 16.6 Å². The largest absolute Gasteiger partial charge is 0.326 e. The summed E-state index contributed by atoms with van der Waals surface area (Å²) in [6.45, 7) is 3.36. The summed E-state index contributed by atoms with van der Waals surface area (Å²) >= 11 is 0. The third-order valence-corrected chi connectivity index (χ3v) is 5.04. The Bertz CT molecular complexity index is 561. The van der Waals surface area contributed by atoms with E-state index in [-0.39, 0.29) is 17.0 Å². The van der Waals surface area contributed by atoms with E-state index in [1.807, 2.05) is 25.9 Å². The molecule has 0 radical (unpaired) electrons. The molecule has 0 bridgehead atoms. The van der Waals surface area contributed by atoms with Crippen LogP contribution in [0.15, 0.2) is 23.1 Å². The van der Waals surface area contributed by atoms with E-state index >= 15 is 0 Å². The van der Waals surface area contributed by atoms with Crippen molar-refractivity contribution in [3.63, 3.8) is 0 Å². The van der Waals surface area contributed by atoms with Crippen molar-refractivity contribution in [2.75, 3.05) is 33.7 Å². The quantitative estimate of drug-likeness (QED) is 0.783. The van der Waals surface area contributed by atoms with Crippen molar-refractivity contribution in [1.82, 2.24) is 9.21 Å². The van der Waals surface area contributed by atoms with Crippen LogP contribution in [-0.4, -0.2) is 51.4 Å². The highest BCUT2D eigenvalue weighted by molar-refractivity contribution is 7.89. The normalized spacial score (nSPS) is 12.3. The van der Waals surface area contributed by atoms with Gasteiger partial charge in [0.05, 0.1) is 4.90 Å². The SMILES string of the molecule is CCCN(CCN(C)C)S(=O)(=O)c1ccc(F)c(CN)c1. The second kappa shape index (κ2) is 7.84. The van der Waals surface area contributed by atoms with Crippen LogP contribution in [0.4, 0.5) is 4.39 Å². The Kier molecular flexibility index (Phi) is 6.73. The number of halogens is 1. The topological polar surface area (TPSA) is 66.6 Å². The number of nitrogens with two attached hydrogens (primary N) is 1. The molecule has 0 amide bonds. The first-order valence-corrected chi connectivity index (χ1v) is 8.40. The summed E-state index contributed by atoms with van der Waals surface area (Å²) in [6, 6.07) is 3.77. The molecule has 2 N–H and O–H groups in total. The summed E-state index contributed by atoms with van der Waals surface area (Å²) in [7, 11) is 0.156. The van der Waals surface area contributed by atoms with Crippen LogP contribution < -0.4 is 5.73 Å². The Labute approximate surface area is 126 Å². The van der Waals surface area contributed by atoms with Gasteiger partial charge in [-0.05, 0) is 38.7 Å². The lowest BCUT2D eigenvalue weighted by atomic mass is 10.2. The highest BCUT2D eigenvalue weighted by atomic mass is 32.2. The summed E-state index contributed by atoms with van der Waals surface area (Å²) in [5.74, 6) is -0.480. The predicted molar refractivity (Wildman–Crippen MR) is 81.9 cm³/mol. The van der Waals surface area contributed by atoms with Crippen molar-refractivity contribution in [2.45, 2.75) is 24.8 Å². The first-order valence-electron chi connectivity index (χ1n) is 6.96. The van der Waals surface area contributed by atoms with E-state index in [0.717, 1.165) is 12.5 Å². The van der Waals surface area contributed by atoms with Gasteiger partial charge in [-0.15, -0.1) is 0 Å². The first-order chi connectivity index (χ1) is 9.82. The average Bonchev–Trinajstić information content (AvgIpc) is 2.43. The van der Waals surface area contributed by atoms with Crippen LogP contribution in [0.25, 0.3) is 0 Å². The molecule has 0 saturated carbocycles. The fourth-order valence-electron chi connectivity index (χ4n) is 1.93. The molecular weight excluding hydrogens is 293 g/mol. The number of benzene rings is 1. The Morgan fingerprint density at radius 3 is 2.38 bits per heavy atom. The maximum Gasteiger partial charge on any atom is 0.243 e. The molecule has 1 aromatic carbocycles. The zero-order valence-electron chi connectivity index (χ0n) is 12.8. The van der Waals surface area contributed by atoms with Crippen molar-refractivity contribution < 1.29 is 12.8 Å². The van der Waals surface area contributed by atoms with Gasteiger partial charge < -0.3 is 10.6 Å². The third-order valence-electron chi connectivity index (χ3n) is 3.14. The molecular formula is C14H24FN3O2S. The van der Waals surface area contributed by atoms with Crippen LogP contribution >= 0.6 is 0 Å². The monoisotopic (exact) mass is 317 g/mol. The van der Waals surface area contributed by atoms with E-state index < -0.39 is 15.8 Å². The molecule has 120 valence electrons. The van der Waals surface area contributed by atoms with Gasteiger partial charge in [0.1, 0.15) is 5.82 Å². The fraction of sp³-hybridized carbons (Fsp3) is 0.571. The zero-order valence-corrected chi connectivity index (χ0v) is 13.7. The van der Waals surface area contributed by atoms with Crippen LogP contribution in [0, 0.1) is 5.82 Å². The molecule has 0 fully saturated rings. The molecule has 0 spiro atoms. The maximum atomic E-state index is 13.5. The Morgan fingerprint density at radius 2 is 1.86 bits per heavy atom. The molecule has 0 aliphatic carbocycles. The number of hydrogen-bond donors (Lipinski definition) is 1. The number of nitrogens with zero attached hydrogens (tertiary/aromatic N) is 2. The second-order valence-corrected chi connectivity index (χ2v) is 7.10.